The fraction of sp³-hybridized carbons (Fsp3) is 0.857. The molecular formula is C7H11BrF3NO2. The minimum Gasteiger partial charge on any atom is -0.362 e. The molecule has 0 rings (SSSR count). The lowest BCUT2D eigenvalue weighted by Gasteiger charge is -2.07. The maximum absolute atomic E-state index is 11.5. The first-order chi connectivity index (χ1) is 6.45. The standard InChI is InChI=1S/C7H11BrF3NO2/c8-2-1-3-12-6(13)4-14-5-7(9,10)11/h1-5H2,(H,12,13). The summed E-state index contributed by atoms with van der Waals surface area (Å²) >= 11 is 3.15. The number of rotatable bonds is 6. The summed E-state index contributed by atoms with van der Waals surface area (Å²) in [5.74, 6) is -0.532. The molecule has 3 nitrogen and oxygen atoms in total. The number of carbonyl (C=O) groups excluding carboxylic acids is 1. The first kappa shape index (κ1) is 13.7. The normalized spacial score (nSPS) is 11.4. The van der Waals surface area contributed by atoms with Crippen molar-refractivity contribution in [2.45, 2.75) is 12.6 Å². The number of ether oxygens (including phenoxy) is 1. The van der Waals surface area contributed by atoms with Gasteiger partial charge in [0.1, 0.15) is 13.2 Å². The predicted octanol–water partition coefficient (Wildman–Crippen LogP) is 1.47. The number of halogens is 4. The summed E-state index contributed by atoms with van der Waals surface area (Å²) in [5, 5.41) is 3.14. The third-order valence-electron chi connectivity index (χ3n) is 1.13. The predicted molar refractivity (Wildman–Crippen MR) is 48.3 cm³/mol. The van der Waals surface area contributed by atoms with Crippen molar-refractivity contribution >= 4 is 21.8 Å². The van der Waals surface area contributed by atoms with Crippen LogP contribution in [0.2, 0.25) is 0 Å². The molecule has 14 heavy (non-hydrogen) atoms. The summed E-state index contributed by atoms with van der Waals surface area (Å²) in [6.07, 6.45) is -3.65. The van der Waals surface area contributed by atoms with E-state index in [0.29, 0.717) is 6.54 Å². The van der Waals surface area contributed by atoms with Crippen LogP contribution in [0.3, 0.4) is 0 Å². The number of nitrogens with one attached hydrogen (secondary N) is 1. The molecule has 0 unspecified atom stereocenters. The summed E-state index contributed by atoms with van der Waals surface area (Å²) < 4.78 is 38.8. The highest BCUT2D eigenvalue weighted by Crippen LogP contribution is 2.13. The van der Waals surface area contributed by atoms with Gasteiger partial charge in [0.25, 0.3) is 0 Å². The van der Waals surface area contributed by atoms with Crippen molar-refractivity contribution in [2.75, 3.05) is 25.1 Å². The van der Waals surface area contributed by atoms with E-state index in [1.165, 1.54) is 0 Å². The summed E-state index contributed by atoms with van der Waals surface area (Å²) in [4.78, 5) is 10.8. The van der Waals surface area contributed by atoms with Gasteiger partial charge in [-0.05, 0) is 6.42 Å². The average Bonchev–Trinajstić information content (AvgIpc) is 2.02. The Morgan fingerprint density at radius 2 is 2.07 bits per heavy atom. The van der Waals surface area contributed by atoms with Crippen molar-refractivity contribution in [1.29, 1.82) is 0 Å². The Kier molecular flexibility index (Phi) is 6.90. The Balaban J connectivity index is 3.36. The van der Waals surface area contributed by atoms with E-state index in [0.717, 1.165) is 11.8 Å². The van der Waals surface area contributed by atoms with Crippen LogP contribution in [-0.4, -0.2) is 37.2 Å². The highest BCUT2D eigenvalue weighted by atomic mass is 79.9. The second-order valence-electron chi connectivity index (χ2n) is 2.50. The van der Waals surface area contributed by atoms with Gasteiger partial charge in [-0.1, -0.05) is 15.9 Å². The van der Waals surface area contributed by atoms with Gasteiger partial charge in [-0.25, -0.2) is 0 Å². The van der Waals surface area contributed by atoms with E-state index < -0.39 is 25.3 Å². The molecule has 0 heterocycles. The molecule has 84 valence electrons. The molecule has 7 heteroatoms. The topological polar surface area (TPSA) is 38.3 Å². The minimum absolute atomic E-state index is 0.430. The molecule has 0 aliphatic carbocycles. The summed E-state index contributed by atoms with van der Waals surface area (Å²) in [7, 11) is 0. The van der Waals surface area contributed by atoms with Crippen molar-refractivity contribution in [3.63, 3.8) is 0 Å². The zero-order valence-corrected chi connectivity index (χ0v) is 8.95. The highest BCUT2D eigenvalue weighted by molar-refractivity contribution is 9.09. The number of hydrogen-bond donors (Lipinski definition) is 1. The van der Waals surface area contributed by atoms with E-state index in [4.69, 9.17) is 0 Å². The summed E-state index contributed by atoms with van der Waals surface area (Å²) in [5.41, 5.74) is 0. The Bertz CT molecular complexity index is 175. The number of amides is 1. The van der Waals surface area contributed by atoms with Gasteiger partial charge < -0.3 is 10.1 Å². The van der Waals surface area contributed by atoms with E-state index in [-0.39, 0.29) is 0 Å². The van der Waals surface area contributed by atoms with Crippen molar-refractivity contribution in [3.8, 4) is 0 Å². The zero-order chi connectivity index (χ0) is 11.0. The minimum atomic E-state index is -4.38. The zero-order valence-electron chi connectivity index (χ0n) is 7.36. The van der Waals surface area contributed by atoms with E-state index >= 15 is 0 Å². The number of alkyl halides is 4. The molecule has 0 atom stereocenters. The molecular weight excluding hydrogens is 267 g/mol. The van der Waals surface area contributed by atoms with Gasteiger partial charge in [-0.15, -0.1) is 0 Å². The van der Waals surface area contributed by atoms with Crippen molar-refractivity contribution < 1.29 is 22.7 Å². The van der Waals surface area contributed by atoms with Crippen molar-refractivity contribution in [3.05, 3.63) is 0 Å². The van der Waals surface area contributed by atoms with Crippen LogP contribution in [0.4, 0.5) is 13.2 Å². The Hall–Kier alpha value is -0.300. The lowest BCUT2D eigenvalue weighted by Crippen LogP contribution is -2.30. The van der Waals surface area contributed by atoms with Gasteiger partial charge in [-0.3, -0.25) is 4.79 Å². The number of hydrogen-bond acceptors (Lipinski definition) is 2. The number of carbonyl (C=O) groups is 1. The molecule has 0 fully saturated rings. The molecule has 0 saturated carbocycles. The molecule has 0 radical (unpaired) electrons. The van der Waals surface area contributed by atoms with Crippen molar-refractivity contribution in [2.24, 2.45) is 0 Å². The van der Waals surface area contributed by atoms with Gasteiger partial charge in [-0.2, -0.15) is 13.2 Å². The SMILES string of the molecule is O=C(COCC(F)(F)F)NCCCBr. The second-order valence-corrected chi connectivity index (χ2v) is 3.29. The maximum Gasteiger partial charge on any atom is 0.411 e. The van der Waals surface area contributed by atoms with E-state index in [1.54, 1.807) is 0 Å². The average molecular weight is 278 g/mol. The van der Waals surface area contributed by atoms with E-state index in [1.807, 2.05) is 0 Å². The third kappa shape index (κ3) is 9.79. The van der Waals surface area contributed by atoms with Crippen LogP contribution in [-0.2, 0) is 9.53 Å². The smallest absolute Gasteiger partial charge is 0.362 e. The maximum atomic E-state index is 11.5. The summed E-state index contributed by atoms with van der Waals surface area (Å²) in [6.45, 7) is -1.51. The molecule has 0 spiro atoms. The van der Waals surface area contributed by atoms with Crippen LogP contribution in [0.1, 0.15) is 6.42 Å². The lowest BCUT2D eigenvalue weighted by atomic mass is 10.5. The molecule has 0 bridgehead atoms. The van der Waals surface area contributed by atoms with Crippen molar-refractivity contribution in [1.82, 2.24) is 5.32 Å². The van der Waals surface area contributed by atoms with Crippen LogP contribution >= 0.6 is 15.9 Å². The monoisotopic (exact) mass is 277 g/mol. The molecule has 0 aromatic heterocycles. The fourth-order valence-electron chi connectivity index (χ4n) is 0.605. The summed E-state index contributed by atoms with van der Waals surface area (Å²) in [6, 6.07) is 0. The van der Waals surface area contributed by atoms with Crippen LogP contribution < -0.4 is 5.32 Å². The quantitative estimate of drug-likeness (QED) is 0.590. The van der Waals surface area contributed by atoms with E-state index in [2.05, 4.69) is 26.0 Å². The largest absolute Gasteiger partial charge is 0.411 e. The third-order valence-corrected chi connectivity index (χ3v) is 1.69. The van der Waals surface area contributed by atoms with Gasteiger partial charge in [0, 0.05) is 11.9 Å². The van der Waals surface area contributed by atoms with Crippen LogP contribution in [0.25, 0.3) is 0 Å². The Labute approximate surface area is 88.1 Å². The lowest BCUT2D eigenvalue weighted by molar-refractivity contribution is -0.175. The first-order valence-electron chi connectivity index (χ1n) is 3.93. The fourth-order valence-corrected chi connectivity index (χ4v) is 0.885. The van der Waals surface area contributed by atoms with Crippen LogP contribution in [0.5, 0.6) is 0 Å². The Morgan fingerprint density at radius 3 is 2.57 bits per heavy atom. The molecule has 0 aromatic carbocycles. The molecule has 0 aliphatic heterocycles. The molecule has 0 aliphatic rings. The molecule has 0 saturated heterocycles. The van der Waals surface area contributed by atoms with Gasteiger partial charge in [0.15, 0.2) is 0 Å². The van der Waals surface area contributed by atoms with Crippen LogP contribution in [0.15, 0.2) is 0 Å². The first-order valence-corrected chi connectivity index (χ1v) is 5.05. The highest BCUT2D eigenvalue weighted by Gasteiger charge is 2.27. The van der Waals surface area contributed by atoms with Gasteiger partial charge >= 0.3 is 6.18 Å². The molecule has 1 N–H and O–H groups in total. The van der Waals surface area contributed by atoms with Gasteiger partial charge in [0.05, 0.1) is 0 Å². The second kappa shape index (κ2) is 7.05. The molecule has 1 amide bonds. The van der Waals surface area contributed by atoms with Gasteiger partial charge in [0.2, 0.25) is 5.91 Å². The van der Waals surface area contributed by atoms with Crippen LogP contribution in [0, 0.1) is 0 Å². The molecule has 0 aromatic rings. The van der Waals surface area contributed by atoms with E-state index in [9.17, 15) is 18.0 Å². The Morgan fingerprint density at radius 1 is 1.43 bits per heavy atom.